The average molecular weight is 256 g/mol. The van der Waals surface area contributed by atoms with Gasteiger partial charge in [0.15, 0.2) is 6.29 Å². The molecule has 0 radical (unpaired) electrons. The highest BCUT2D eigenvalue weighted by Gasteiger charge is 2.19. The van der Waals surface area contributed by atoms with Crippen molar-refractivity contribution in [3.05, 3.63) is 18.2 Å². The lowest BCUT2D eigenvalue weighted by Crippen LogP contribution is -2.41. The van der Waals surface area contributed by atoms with Crippen LogP contribution < -0.4 is 5.73 Å². The molecule has 0 aliphatic carbocycles. The van der Waals surface area contributed by atoms with E-state index in [1.807, 2.05) is 24.9 Å². The highest BCUT2D eigenvalue weighted by atomic mass is 16.7. The topological polar surface area (TPSA) is 65.5 Å². The first-order chi connectivity index (χ1) is 8.62. The first-order valence-corrected chi connectivity index (χ1v) is 6.04. The molecule has 6 heteroatoms. The van der Waals surface area contributed by atoms with Gasteiger partial charge in [0.1, 0.15) is 5.82 Å². The van der Waals surface area contributed by atoms with Gasteiger partial charge in [-0.2, -0.15) is 0 Å². The minimum atomic E-state index is -0.220. The van der Waals surface area contributed by atoms with Crippen molar-refractivity contribution in [3.63, 3.8) is 0 Å². The van der Waals surface area contributed by atoms with E-state index in [1.165, 1.54) is 0 Å². The van der Waals surface area contributed by atoms with Crippen LogP contribution in [-0.2, 0) is 23.1 Å². The predicted molar refractivity (Wildman–Crippen MR) is 69.9 cm³/mol. The van der Waals surface area contributed by atoms with E-state index in [4.69, 9.17) is 15.2 Å². The number of aryl methyl sites for hydroxylation is 1. The lowest BCUT2D eigenvalue weighted by Gasteiger charge is -2.29. The molecule has 0 fully saturated rings. The smallest absolute Gasteiger partial charge is 0.158 e. The fourth-order valence-corrected chi connectivity index (χ4v) is 1.87. The number of rotatable bonds is 8. The summed E-state index contributed by atoms with van der Waals surface area (Å²) in [5.41, 5.74) is 5.82. The second-order valence-corrected chi connectivity index (χ2v) is 4.40. The van der Waals surface area contributed by atoms with Crippen molar-refractivity contribution in [1.82, 2.24) is 14.5 Å². The number of ether oxygens (including phenoxy) is 2. The summed E-state index contributed by atoms with van der Waals surface area (Å²) in [5.74, 6) is 1.02. The molecule has 0 saturated carbocycles. The maximum atomic E-state index is 5.82. The fraction of sp³-hybridized carbons (Fsp3) is 0.750. The van der Waals surface area contributed by atoms with Crippen LogP contribution in [0.1, 0.15) is 12.2 Å². The number of nitrogens with zero attached hydrogens (tertiary/aromatic N) is 3. The molecule has 18 heavy (non-hydrogen) atoms. The molecule has 0 saturated heterocycles. The summed E-state index contributed by atoms with van der Waals surface area (Å²) < 4.78 is 12.4. The van der Waals surface area contributed by atoms with Crippen LogP contribution in [0.2, 0.25) is 0 Å². The zero-order valence-electron chi connectivity index (χ0n) is 11.7. The Morgan fingerprint density at radius 3 is 2.56 bits per heavy atom. The number of likely N-dealkylation sites (N-methyl/N-ethyl adjacent to an activating group) is 1. The summed E-state index contributed by atoms with van der Waals surface area (Å²) in [6.45, 7) is 1.32. The van der Waals surface area contributed by atoms with E-state index in [-0.39, 0.29) is 12.3 Å². The van der Waals surface area contributed by atoms with E-state index in [1.54, 1.807) is 20.4 Å². The molecule has 1 atom stereocenters. The third kappa shape index (κ3) is 4.06. The molecular weight excluding hydrogens is 232 g/mol. The van der Waals surface area contributed by atoms with Crippen LogP contribution in [0.25, 0.3) is 0 Å². The van der Waals surface area contributed by atoms with Gasteiger partial charge in [0, 0.05) is 52.7 Å². The number of imidazole rings is 1. The molecule has 1 rings (SSSR count). The number of hydrogen-bond acceptors (Lipinski definition) is 5. The fourth-order valence-electron chi connectivity index (χ4n) is 1.87. The second kappa shape index (κ2) is 7.48. The molecule has 1 aromatic heterocycles. The van der Waals surface area contributed by atoms with Crippen molar-refractivity contribution < 1.29 is 9.47 Å². The van der Waals surface area contributed by atoms with Crippen molar-refractivity contribution in [1.29, 1.82) is 0 Å². The van der Waals surface area contributed by atoms with E-state index < -0.39 is 0 Å². The summed E-state index contributed by atoms with van der Waals surface area (Å²) in [6, 6.07) is 0.201. The standard InChI is InChI=1S/C12H24N4O2/c1-15-6-5-14-11(15)9-16(2)10(8-13)7-12(17-3)18-4/h5-6,10,12H,7-9,13H2,1-4H3. The third-order valence-corrected chi connectivity index (χ3v) is 3.20. The Morgan fingerprint density at radius 1 is 1.44 bits per heavy atom. The van der Waals surface area contributed by atoms with Gasteiger partial charge in [-0.05, 0) is 7.05 Å². The molecule has 0 aliphatic rings. The van der Waals surface area contributed by atoms with Crippen molar-refractivity contribution in [2.24, 2.45) is 12.8 Å². The van der Waals surface area contributed by atoms with E-state index in [2.05, 4.69) is 9.88 Å². The highest BCUT2D eigenvalue weighted by Crippen LogP contribution is 2.10. The molecule has 1 heterocycles. The van der Waals surface area contributed by atoms with Gasteiger partial charge in [0.05, 0.1) is 6.54 Å². The van der Waals surface area contributed by atoms with Gasteiger partial charge in [0.25, 0.3) is 0 Å². The number of hydrogen-bond donors (Lipinski definition) is 1. The van der Waals surface area contributed by atoms with Gasteiger partial charge in [0.2, 0.25) is 0 Å². The number of aromatic nitrogens is 2. The van der Waals surface area contributed by atoms with Crippen LogP contribution in [0.15, 0.2) is 12.4 Å². The van der Waals surface area contributed by atoms with Gasteiger partial charge >= 0.3 is 0 Å². The molecule has 0 spiro atoms. The number of nitrogens with two attached hydrogens (primary N) is 1. The Hall–Kier alpha value is -0.950. The molecule has 0 amide bonds. The predicted octanol–water partition coefficient (Wildman–Crippen LogP) is 0.188. The van der Waals surface area contributed by atoms with E-state index >= 15 is 0 Å². The molecule has 1 unspecified atom stereocenters. The van der Waals surface area contributed by atoms with Crippen LogP contribution in [0, 0.1) is 0 Å². The summed E-state index contributed by atoms with van der Waals surface area (Å²) in [7, 11) is 7.30. The monoisotopic (exact) mass is 256 g/mol. The molecular formula is C12H24N4O2. The van der Waals surface area contributed by atoms with Crippen LogP contribution in [-0.4, -0.2) is 54.6 Å². The second-order valence-electron chi connectivity index (χ2n) is 4.40. The first kappa shape index (κ1) is 15.1. The van der Waals surface area contributed by atoms with E-state index in [0.29, 0.717) is 6.54 Å². The maximum Gasteiger partial charge on any atom is 0.158 e. The molecule has 0 aromatic carbocycles. The zero-order chi connectivity index (χ0) is 13.5. The largest absolute Gasteiger partial charge is 0.356 e. The quantitative estimate of drug-likeness (QED) is 0.673. The zero-order valence-corrected chi connectivity index (χ0v) is 11.7. The van der Waals surface area contributed by atoms with Crippen LogP contribution >= 0.6 is 0 Å². The van der Waals surface area contributed by atoms with Gasteiger partial charge in [-0.1, -0.05) is 0 Å². The Balaban J connectivity index is 2.56. The first-order valence-electron chi connectivity index (χ1n) is 6.04. The van der Waals surface area contributed by atoms with Gasteiger partial charge in [-0.25, -0.2) is 4.98 Å². The van der Waals surface area contributed by atoms with Crippen LogP contribution in [0.4, 0.5) is 0 Å². The lowest BCUT2D eigenvalue weighted by atomic mass is 10.1. The molecule has 104 valence electrons. The molecule has 0 bridgehead atoms. The minimum absolute atomic E-state index is 0.201. The Morgan fingerprint density at radius 2 is 2.11 bits per heavy atom. The third-order valence-electron chi connectivity index (χ3n) is 3.20. The SMILES string of the molecule is COC(CC(CN)N(C)Cc1nccn1C)OC. The van der Waals surface area contributed by atoms with Crippen molar-refractivity contribution in [2.45, 2.75) is 25.3 Å². The van der Waals surface area contributed by atoms with E-state index in [0.717, 1.165) is 18.8 Å². The van der Waals surface area contributed by atoms with Crippen LogP contribution in [0.5, 0.6) is 0 Å². The Bertz CT molecular complexity index is 339. The van der Waals surface area contributed by atoms with Crippen molar-refractivity contribution in [2.75, 3.05) is 27.8 Å². The average Bonchev–Trinajstić information content (AvgIpc) is 2.76. The summed E-state index contributed by atoms with van der Waals surface area (Å²) >= 11 is 0. The van der Waals surface area contributed by atoms with Crippen LogP contribution in [0.3, 0.4) is 0 Å². The highest BCUT2D eigenvalue weighted by molar-refractivity contribution is 4.91. The van der Waals surface area contributed by atoms with Gasteiger partial charge < -0.3 is 19.8 Å². The Labute approximate surface area is 109 Å². The van der Waals surface area contributed by atoms with Gasteiger partial charge in [-0.3, -0.25) is 4.90 Å². The van der Waals surface area contributed by atoms with E-state index in [9.17, 15) is 0 Å². The van der Waals surface area contributed by atoms with Crippen molar-refractivity contribution >= 4 is 0 Å². The molecule has 2 N–H and O–H groups in total. The lowest BCUT2D eigenvalue weighted by molar-refractivity contribution is -0.116. The molecule has 0 aliphatic heterocycles. The van der Waals surface area contributed by atoms with Crippen molar-refractivity contribution in [3.8, 4) is 0 Å². The molecule has 6 nitrogen and oxygen atoms in total. The summed E-state index contributed by atoms with van der Waals surface area (Å²) in [6.07, 6.45) is 4.26. The normalized spacial score (nSPS) is 13.5. The minimum Gasteiger partial charge on any atom is -0.356 e. The Kier molecular flexibility index (Phi) is 6.28. The molecule has 1 aromatic rings. The number of methoxy groups -OCH3 is 2. The maximum absolute atomic E-state index is 5.82. The summed E-state index contributed by atoms with van der Waals surface area (Å²) in [5, 5.41) is 0. The summed E-state index contributed by atoms with van der Waals surface area (Å²) in [4.78, 5) is 6.48. The van der Waals surface area contributed by atoms with Gasteiger partial charge in [-0.15, -0.1) is 0 Å².